The molecule has 6 rings (SSSR count). The molecule has 0 N–H and O–H groups in total. The molecule has 2 nitrogen and oxygen atoms in total. The zero-order valence-corrected chi connectivity index (χ0v) is 21.4. The first-order chi connectivity index (χ1) is 17.5. The largest absolute Gasteiger partial charge is 0.294 e. The second-order valence-corrected chi connectivity index (χ2v) is 10.8. The highest BCUT2D eigenvalue weighted by Crippen LogP contribution is 2.38. The van der Waals surface area contributed by atoms with E-state index >= 15 is 0 Å². The number of aromatic nitrogens is 1. The average Bonchev–Trinajstić information content (AvgIpc) is 3.52. The van der Waals surface area contributed by atoms with Crippen LogP contribution in [0.15, 0.2) is 84.9 Å². The lowest BCUT2D eigenvalue weighted by Gasteiger charge is -2.12. The predicted molar refractivity (Wildman–Crippen MR) is 151 cm³/mol. The molecule has 1 aliphatic carbocycles. The van der Waals surface area contributed by atoms with Crippen molar-refractivity contribution in [1.29, 1.82) is 0 Å². The summed E-state index contributed by atoms with van der Waals surface area (Å²) in [5.74, 6) is 0.155. The molecule has 0 radical (unpaired) electrons. The summed E-state index contributed by atoms with van der Waals surface area (Å²) in [5.41, 5.74) is 10.1. The fourth-order valence-electron chi connectivity index (χ4n) is 5.03. The van der Waals surface area contributed by atoms with Crippen molar-refractivity contribution < 1.29 is 4.79 Å². The van der Waals surface area contributed by atoms with Crippen LogP contribution in [0.1, 0.15) is 49.6 Å². The highest BCUT2D eigenvalue weighted by Gasteiger charge is 2.18. The molecular formula is C33H27NOS. The number of hydrogen-bond acceptors (Lipinski definition) is 3. The van der Waals surface area contributed by atoms with Gasteiger partial charge in [-0.25, -0.2) is 0 Å². The fourth-order valence-corrected chi connectivity index (χ4v) is 6.12. The van der Waals surface area contributed by atoms with E-state index in [0.717, 1.165) is 40.9 Å². The van der Waals surface area contributed by atoms with Crippen molar-refractivity contribution in [2.45, 2.75) is 33.1 Å². The highest BCUT2D eigenvalue weighted by atomic mass is 32.1. The van der Waals surface area contributed by atoms with Gasteiger partial charge in [0.15, 0.2) is 5.78 Å². The van der Waals surface area contributed by atoms with Crippen LogP contribution < -0.4 is 0 Å². The molecule has 0 aliphatic heterocycles. The normalized spacial score (nSPS) is 12.3. The molecule has 0 fully saturated rings. The number of Topliss-reactive ketones (excluding diaryl/α,β-unsaturated/α-hetero) is 1. The molecule has 0 saturated carbocycles. The van der Waals surface area contributed by atoms with E-state index in [1.165, 1.54) is 37.2 Å². The maximum atomic E-state index is 12.9. The maximum absolute atomic E-state index is 12.9. The predicted octanol–water partition coefficient (Wildman–Crippen LogP) is 8.17. The Kier molecular flexibility index (Phi) is 5.86. The van der Waals surface area contributed by atoms with Crippen LogP contribution in [-0.2, 0) is 19.3 Å². The smallest absolute Gasteiger partial charge is 0.167 e. The SMILES string of the molecule is Cc1cccc(C(=O)Cc2ccc(C)c(Cc3cc(-c4cc5ccccc5s4)c4c(n3)CC=C4)c2)c1. The van der Waals surface area contributed by atoms with Crippen molar-refractivity contribution in [3.8, 4) is 10.4 Å². The maximum Gasteiger partial charge on any atom is 0.167 e. The van der Waals surface area contributed by atoms with Gasteiger partial charge in [0.2, 0.25) is 0 Å². The molecule has 3 aromatic carbocycles. The third-order valence-corrected chi connectivity index (χ3v) is 8.12. The Morgan fingerprint density at radius 1 is 0.944 bits per heavy atom. The van der Waals surface area contributed by atoms with Crippen LogP contribution in [0.25, 0.3) is 26.6 Å². The lowest BCUT2D eigenvalue weighted by atomic mass is 9.95. The standard InChI is InChI=1S/C33H27NOS/c1-21-7-5-9-24(15-21)31(35)17-23-14-13-22(2)26(16-23)18-27-20-29(28-10-6-11-30(28)34-27)33-19-25-8-3-4-12-32(25)36-33/h3-10,12-16,19-20H,11,17-18H2,1-2H3. The Labute approximate surface area is 216 Å². The summed E-state index contributed by atoms with van der Waals surface area (Å²) in [6.45, 7) is 4.16. The quantitative estimate of drug-likeness (QED) is 0.227. The molecule has 0 saturated heterocycles. The van der Waals surface area contributed by atoms with E-state index in [0.29, 0.717) is 6.42 Å². The summed E-state index contributed by atoms with van der Waals surface area (Å²) < 4.78 is 1.31. The molecule has 3 heteroatoms. The minimum Gasteiger partial charge on any atom is -0.294 e. The number of hydrogen-bond donors (Lipinski definition) is 0. The molecule has 0 atom stereocenters. The van der Waals surface area contributed by atoms with Crippen molar-refractivity contribution in [2.24, 2.45) is 0 Å². The van der Waals surface area contributed by atoms with Gasteiger partial charge in [-0.15, -0.1) is 11.3 Å². The Morgan fingerprint density at radius 2 is 1.83 bits per heavy atom. The van der Waals surface area contributed by atoms with E-state index in [4.69, 9.17) is 4.98 Å². The number of allylic oxidation sites excluding steroid dienone is 1. The number of rotatable bonds is 6. The van der Waals surface area contributed by atoms with Gasteiger partial charge in [-0.05, 0) is 60.2 Å². The van der Waals surface area contributed by atoms with Crippen LogP contribution in [0.3, 0.4) is 0 Å². The van der Waals surface area contributed by atoms with E-state index in [2.05, 4.69) is 73.7 Å². The first-order valence-corrected chi connectivity index (χ1v) is 13.2. The Bertz CT molecular complexity index is 1620. The molecular weight excluding hydrogens is 458 g/mol. The van der Waals surface area contributed by atoms with E-state index in [-0.39, 0.29) is 5.78 Å². The van der Waals surface area contributed by atoms with Crippen LogP contribution in [-0.4, -0.2) is 10.8 Å². The van der Waals surface area contributed by atoms with Gasteiger partial charge in [-0.1, -0.05) is 72.3 Å². The van der Waals surface area contributed by atoms with Gasteiger partial charge in [0, 0.05) is 51.2 Å². The molecule has 2 aromatic heterocycles. The fraction of sp³-hybridized carbons (Fsp3) is 0.152. The number of pyridine rings is 1. The summed E-state index contributed by atoms with van der Waals surface area (Å²) in [7, 11) is 0. The van der Waals surface area contributed by atoms with E-state index in [1.807, 2.05) is 42.5 Å². The lowest BCUT2D eigenvalue weighted by Crippen LogP contribution is -2.05. The minimum absolute atomic E-state index is 0.155. The molecule has 0 amide bonds. The number of thiophene rings is 1. The van der Waals surface area contributed by atoms with E-state index in [9.17, 15) is 4.79 Å². The van der Waals surface area contributed by atoms with Gasteiger partial charge in [-0.3, -0.25) is 9.78 Å². The van der Waals surface area contributed by atoms with Gasteiger partial charge in [0.05, 0.1) is 5.69 Å². The molecule has 5 aromatic rings. The van der Waals surface area contributed by atoms with Crippen molar-refractivity contribution in [3.63, 3.8) is 0 Å². The van der Waals surface area contributed by atoms with Gasteiger partial charge in [0.25, 0.3) is 0 Å². The van der Waals surface area contributed by atoms with Gasteiger partial charge >= 0.3 is 0 Å². The zero-order chi connectivity index (χ0) is 24.6. The summed E-state index contributed by atoms with van der Waals surface area (Å²) >= 11 is 1.84. The number of nitrogens with zero attached hydrogens (tertiary/aromatic N) is 1. The number of aryl methyl sites for hydroxylation is 2. The highest BCUT2D eigenvalue weighted by molar-refractivity contribution is 7.22. The molecule has 176 valence electrons. The van der Waals surface area contributed by atoms with Gasteiger partial charge < -0.3 is 0 Å². The number of carbonyl (C=O) groups excluding carboxylic acids is 1. The van der Waals surface area contributed by atoms with Crippen molar-refractivity contribution >= 4 is 33.3 Å². The first-order valence-electron chi connectivity index (χ1n) is 12.4. The lowest BCUT2D eigenvalue weighted by molar-refractivity contribution is 0.0993. The number of ketones is 1. The van der Waals surface area contributed by atoms with Crippen LogP contribution in [0, 0.1) is 13.8 Å². The summed E-state index contributed by atoms with van der Waals surface area (Å²) in [6, 6.07) is 27.4. The third-order valence-electron chi connectivity index (χ3n) is 6.97. The van der Waals surface area contributed by atoms with Gasteiger partial charge in [0.1, 0.15) is 0 Å². The third kappa shape index (κ3) is 4.43. The topological polar surface area (TPSA) is 30.0 Å². The Hall–Kier alpha value is -3.82. The zero-order valence-electron chi connectivity index (χ0n) is 20.5. The second kappa shape index (κ2) is 9.33. The summed E-state index contributed by atoms with van der Waals surface area (Å²) in [5, 5.41) is 1.29. The monoisotopic (exact) mass is 485 g/mol. The molecule has 1 aliphatic rings. The van der Waals surface area contributed by atoms with E-state index in [1.54, 1.807) is 0 Å². The first kappa shape index (κ1) is 22.6. The van der Waals surface area contributed by atoms with Crippen LogP contribution in [0.5, 0.6) is 0 Å². The average molecular weight is 486 g/mol. The summed E-state index contributed by atoms with van der Waals surface area (Å²) in [6.07, 6.45) is 6.47. The van der Waals surface area contributed by atoms with E-state index < -0.39 is 0 Å². The Balaban J connectivity index is 1.32. The van der Waals surface area contributed by atoms with Crippen LogP contribution in [0.2, 0.25) is 0 Å². The Morgan fingerprint density at radius 3 is 2.69 bits per heavy atom. The molecule has 0 spiro atoms. The number of fused-ring (bicyclic) bond motifs is 2. The molecule has 0 unspecified atom stereocenters. The van der Waals surface area contributed by atoms with Crippen LogP contribution in [0.4, 0.5) is 0 Å². The van der Waals surface area contributed by atoms with Gasteiger partial charge in [-0.2, -0.15) is 0 Å². The second-order valence-electron chi connectivity index (χ2n) is 9.68. The number of carbonyl (C=O) groups is 1. The van der Waals surface area contributed by atoms with Crippen molar-refractivity contribution in [2.75, 3.05) is 0 Å². The van der Waals surface area contributed by atoms with Crippen molar-refractivity contribution in [1.82, 2.24) is 4.98 Å². The summed E-state index contributed by atoms with van der Waals surface area (Å²) in [4.78, 5) is 19.2. The minimum atomic E-state index is 0.155. The van der Waals surface area contributed by atoms with Crippen molar-refractivity contribution in [3.05, 3.63) is 130 Å². The molecule has 0 bridgehead atoms. The molecule has 2 heterocycles. The van der Waals surface area contributed by atoms with Crippen LogP contribution >= 0.6 is 11.3 Å². The number of benzene rings is 3. The molecule has 36 heavy (non-hydrogen) atoms.